The Morgan fingerprint density at radius 1 is 1.38 bits per heavy atom. The average Bonchev–Trinajstić information content (AvgIpc) is 2.61. The van der Waals surface area contributed by atoms with Gasteiger partial charge in [-0.3, -0.25) is 9.78 Å². The number of ether oxygens (including phenoxy) is 1. The zero-order chi connectivity index (χ0) is 17.1. The van der Waals surface area contributed by atoms with Crippen molar-refractivity contribution in [1.82, 2.24) is 10.3 Å². The molecule has 0 saturated carbocycles. The summed E-state index contributed by atoms with van der Waals surface area (Å²) in [6.45, 7) is 4.09. The van der Waals surface area contributed by atoms with Crippen LogP contribution in [0.2, 0.25) is 0 Å². The van der Waals surface area contributed by atoms with E-state index in [0.717, 1.165) is 29.8 Å². The maximum absolute atomic E-state index is 12.7. The predicted octanol–water partition coefficient (Wildman–Crippen LogP) is 3.00. The molecule has 1 aromatic heterocycles. The van der Waals surface area contributed by atoms with Crippen LogP contribution >= 0.6 is 0 Å². The van der Waals surface area contributed by atoms with Crippen molar-refractivity contribution >= 4 is 11.8 Å². The fourth-order valence-corrected chi connectivity index (χ4v) is 3.51. The molecule has 126 valence electrons. The molecule has 0 amide bonds. The van der Waals surface area contributed by atoms with Crippen molar-refractivity contribution < 1.29 is 14.3 Å². The Bertz CT molecular complexity index is 719. The van der Waals surface area contributed by atoms with Gasteiger partial charge in [0.2, 0.25) is 0 Å². The molecule has 1 aliphatic carbocycles. The minimum Gasteiger partial charge on any atom is -0.463 e. The van der Waals surface area contributed by atoms with Crippen molar-refractivity contribution in [2.45, 2.75) is 45.4 Å². The normalized spacial score (nSPS) is 20.6. The molecule has 0 unspecified atom stereocenters. The van der Waals surface area contributed by atoms with Crippen LogP contribution in [0.25, 0.3) is 0 Å². The van der Waals surface area contributed by atoms with E-state index in [0.29, 0.717) is 30.6 Å². The van der Waals surface area contributed by atoms with E-state index in [1.165, 1.54) is 0 Å². The lowest BCUT2D eigenvalue weighted by Gasteiger charge is -2.34. The van der Waals surface area contributed by atoms with Gasteiger partial charge in [-0.2, -0.15) is 0 Å². The van der Waals surface area contributed by atoms with Crippen LogP contribution in [0.15, 0.2) is 47.1 Å². The summed E-state index contributed by atoms with van der Waals surface area (Å²) < 4.78 is 5.29. The minimum absolute atomic E-state index is 0.106. The molecule has 0 fully saturated rings. The van der Waals surface area contributed by atoms with Gasteiger partial charge in [0.05, 0.1) is 12.2 Å². The minimum atomic E-state index is -0.392. The lowest BCUT2D eigenvalue weighted by atomic mass is 9.75. The van der Waals surface area contributed by atoms with Crippen LogP contribution in [-0.4, -0.2) is 23.3 Å². The highest BCUT2D eigenvalue weighted by molar-refractivity contribution is 6.03. The number of ketones is 1. The quantitative estimate of drug-likeness (QED) is 0.862. The maximum Gasteiger partial charge on any atom is 0.336 e. The Kier molecular flexibility index (Phi) is 4.79. The van der Waals surface area contributed by atoms with Crippen molar-refractivity contribution in [3.8, 4) is 0 Å². The number of hydrogen-bond acceptors (Lipinski definition) is 5. The van der Waals surface area contributed by atoms with Gasteiger partial charge < -0.3 is 10.1 Å². The summed E-state index contributed by atoms with van der Waals surface area (Å²) in [4.78, 5) is 29.5. The molecule has 1 atom stereocenters. The third-order valence-corrected chi connectivity index (χ3v) is 4.53. The number of nitrogens with one attached hydrogen (secondary N) is 1. The number of allylic oxidation sites excluding steroid dienone is 3. The first kappa shape index (κ1) is 16.4. The smallest absolute Gasteiger partial charge is 0.336 e. The molecule has 3 rings (SSSR count). The summed E-state index contributed by atoms with van der Waals surface area (Å²) in [6, 6.07) is 3.75. The predicted molar refractivity (Wildman–Crippen MR) is 89.9 cm³/mol. The number of dihydropyridines is 1. The zero-order valence-corrected chi connectivity index (χ0v) is 14.1. The highest BCUT2D eigenvalue weighted by atomic mass is 16.5. The van der Waals surface area contributed by atoms with Crippen LogP contribution in [0.3, 0.4) is 0 Å². The van der Waals surface area contributed by atoms with E-state index < -0.39 is 5.92 Å². The van der Waals surface area contributed by atoms with Crippen molar-refractivity contribution in [3.63, 3.8) is 0 Å². The molecule has 0 saturated heterocycles. The summed E-state index contributed by atoms with van der Waals surface area (Å²) in [5, 5.41) is 3.34. The molecule has 2 aliphatic rings. The van der Waals surface area contributed by atoms with Crippen molar-refractivity contribution in [2.24, 2.45) is 0 Å². The average molecular weight is 326 g/mol. The van der Waals surface area contributed by atoms with Gasteiger partial charge in [0.15, 0.2) is 5.78 Å². The maximum atomic E-state index is 12.7. The van der Waals surface area contributed by atoms with E-state index in [2.05, 4.69) is 10.3 Å². The second kappa shape index (κ2) is 6.99. The van der Waals surface area contributed by atoms with Crippen LogP contribution < -0.4 is 5.32 Å². The summed E-state index contributed by atoms with van der Waals surface area (Å²) >= 11 is 0. The number of rotatable bonds is 4. The molecule has 0 radical (unpaired) electrons. The zero-order valence-electron chi connectivity index (χ0n) is 14.1. The van der Waals surface area contributed by atoms with E-state index in [1.807, 2.05) is 19.1 Å². The van der Waals surface area contributed by atoms with E-state index in [-0.39, 0.29) is 11.8 Å². The SMILES string of the molecule is CCOC(=O)C1=C(CC)NC2=C(C(=O)CCC2)[C@@H]1c1cccnc1. The van der Waals surface area contributed by atoms with Gasteiger partial charge in [0.1, 0.15) is 0 Å². The highest BCUT2D eigenvalue weighted by Crippen LogP contribution is 2.42. The van der Waals surface area contributed by atoms with Gasteiger partial charge in [-0.25, -0.2) is 4.79 Å². The highest BCUT2D eigenvalue weighted by Gasteiger charge is 2.39. The largest absolute Gasteiger partial charge is 0.463 e. The fourth-order valence-electron chi connectivity index (χ4n) is 3.51. The number of Topliss-reactive ketones (excluding diaryl/α,β-unsaturated/α-hetero) is 1. The van der Waals surface area contributed by atoms with Crippen molar-refractivity contribution in [3.05, 3.63) is 52.6 Å². The Hall–Kier alpha value is -2.43. The molecule has 5 heteroatoms. The molecular weight excluding hydrogens is 304 g/mol. The van der Waals surface area contributed by atoms with E-state index in [9.17, 15) is 9.59 Å². The van der Waals surface area contributed by atoms with Gasteiger partial charge >= 0.3 is 5.97 Å². The lowest BCUT2D eigenvalue weighted by Crippen LogP contribution is -2.35. The van der Waals surface area contributed by atoms with Gasteiger partial charge in [-0.05, 0) is 37.8 Å². The number of carbonyl (C=O) groups excluding carboxylic acids is 2. The third kappa shape index (κ3) is 2.86. The topological polar surface area (TPSA) is 68.3 Å². The van der Waals surface area contributed by atoms with E-state index in [1.54, 1.807) is 19.3 Å². The van der Waals surface area contributed by atoms with Crippen molar-refractivity contribution in [2.75, 3.05) is 6.61 Å². The van der Waals surface area contributed by atoms with Crippen LogP contribution in [-0.2, 0) is 14.3 Å². The summed E-state index contributed by atoms with van der Waals surface area (Å²) in [5.41, 5.74) is 3.90. The second-order valence-corrected chi connectivity index (χ2v) is 5.98. The van der Waals surface area contributed by atoms with Crippen LogP contribution in [0, 0.1) is 0 Å². The lowest BCUT2D eigenvalue weighted by molar-refractivity contribution is -0.138. The Labute approximate surface area is 141 Å². The Balaban J connectivity index is 2.17. The number of hydrogen-bond donors (Lipinski definition) is 1. The first-order valence-electron chi connectivity index (χ1n) is 8.50. The number of esters is 1. The van der Waals surface area contributed by atoms with Crippen LogP contribution in [0.1, 0.15) is 51.0 Å². The molecule has 1 aromatic rings. The van der Waals surface area contributed by atoms with Gasteiger partial charge in [-0.15, -0.1) is 0 Å². The molecule has 0 bridgehead atoms. The molecule has 5 nitrogen and oxygen atoms in total. The molecule has 0 spiro atoms. The monoisotopic (exact) mass is 326 g/mol. The molecular formula is C19H22N2O3. The fraction of sp³-hybridized carbons (Fsp3) is 0.421. The van der Waals surface area contributed by atoms with Crippen LogP contribution in [0.4, 0.5) is 0 Å². The number of carbonyl (C=O) groups is 2. The Morgan fingerprint density at radius 3 is 2.88 bits per heavy atom. The van der Waals surface area contributed by atoms with Gasteiger partial charge in [-0.1, -0.05) is 13.0 Å². The number of aromatic nitrogens is 1. The standard InChI is InChI=1S/C19H22N2O3/c1-3-13-18(19(23)24-4-2)16(12-7-6-10-20-11-12)17-14(21-13)8-5-9-15(17)22/h6-7,10-11,16,21H,3-5,8-9H2,1-2H3/t16-/m0/s1. The third-order valence-electron chi connectivity index (χ3n) is 4.53. The molecule has 24 heavy (non-hydrogen) atoms. The van der Waals surface area contributed by atoms with E-state index in [4.69, 9.17) is 4.74 Å². The number of pyridine rings is 1. The Morgan fingerprint density at radius 2 is 2.21 bits per heavy atom. The van der Waals surface area contributed by atoms with Crippen molar-refractivity contribution in [1.29, 1.82) is 0 Å². The van der Waals surface area contributed by atoms with Crippen LogP contribution in [0.5, 0.6) is 0 Å². The van der Waals surface area contributed by atoms with Gasteiger partial charge in [0, 0.05) is 41.7 Å². The van der Waals surface area contributed by atoms with E-state index >= 15 is 0 Å². The number of nitrogens with zero attached hydrogens (tertiary/aromatic N) is 1. The molecule has 1 N–H and O–H groups in total. The van der Waals surface area contributed by atoms with Gasteiger partial charge in [0.25, 0.3) is 0 Å². The second-order valence-electron chi connectivity index (χ2n) is 5.98. The molecule has 2 heterocycles. The first-order chi connectivity index (χ1) is 11.7. The summed E-state index contributed by atoms with van der Waals surface area (Å²) in [6.07, 6.45) is 6.30. The summed E-state index contributed by atoms with van der Waals surface area (Å²) in [5.74, 6) is -0.646. The molecule has 0 aromatic carbocycles. The first-order valence-corrected chi connectivity index (χ1v) is 8.50. The molecule has 1 aliphatic heterocycles. The summed E-state index contributed by atoms with van der Waals surface area (Å²) in [7, 11) is 0.